The van der Waals surface area contributed by atoms with Crippen LogP contribution in [0.1, 0.15) is 0 Å². The van der Waals surface area contributed by atoms with E-state index < -0.39 is 0 Å². The predicted molar refractivity (Wildman–Crippen MR) is 255 cm³/mol. The summed E-state index contributed by atoms with van der Waals surface area (Å²) in [6, 6.07) is 64.0. The van der Waals surface area contributed by atoms with Crippen molar-refractivity contribution in [2.45, 2.75) is 0 Å². The number of benzene rings is 9. The molecular formula is C55H30N4O2S. The second kappa shape index (κ2) is 12.7. The third-order valence-corrected chi connectivity index (χ3v) is 13.6. The Hall–Kier alpha value is -8.13. The fourth-order valence-electron chi connectivity index (χ4n) is 9.54. The Morgan fingerprint density at radius 2 is 0.919 bits per heavy atom. The number of fused-ring (bicyclic) bond motifs is 13. The van der Waals surface area contributed by atoms with Crippen LogP contribution in [0.2, 0.25) is 0 Å². The molecule has 0 aliphatic rings. The van der Waals surface area contributed by atoms with E-state index in [-0.39, 0.29) is 0 Å². The van der Waals surface area contributed by atoms with E-state index in [1.807, 2.05) is 59.9 Å². The monoisotopic (exact) mass is 810 g/mol. The number of hydrogen-bond donors (Lipinski definition) is 0. The van der Waals surface area contributed by atoms with Gasteiger partial charge in [-0.3, -0.25) is 4.57 Å². The number of aromatic nitrogens is 4. The largest absolute Gasteiger partial charge is 0.456 e. The third kappa shape index (κ3) is 4.94. The summed E-state index contributed by atoms with van der Waals surface area (Å²) < 4.78 is 17.6. The Kier molecular flexibility index (Phi) is 6.89. The molecule has 0 spiro atoms. The first-order chi connectivity index (χ1) is 30.7. The van der Waals surface area contributed by atoms with Gasteiger partial charge in [0.25, 0.3) is 0 Å². The molecule has 7 heteroatoms. The molecular weight excluding hydrogens is 781 g/mol. The summed E-state index contributed by atoms with van der Waals surface area (Å²) in [4.78, 5) is 16.0. The van der Waals surface area contributed by atoms with Crippen molar-refractivity contribution in [1.82, 2.24) is 19.5 Å². The lowest BCUT2D eigenvalue weighted by Crippen LogP contribution is -2.07. The lowest BCUT2D eigenvalue weighted by atomic mass is 10.00. The van der Waals surface area contributed by atoms with Crippen molar-refractivity contribution in [1.29, 1.82) is 0 Å². The van der Waals surface area contributed by atoms with E-state index >= 15 is 0 Å². The summed E-state index contributed by atoms with van der Waals surface area (Å²) in [6.45, 7) is 0. The maximum Gasteiger partial charge on any atom is 0.238 e. The van der Waals surface area contributed by atoms with Crippen LogP contribution in [-0.4, -0.2) is 19.5 Å². The van der Waals surface area contributed by atoms with E-state index in [2.05, 4.69) is 138 Å². The van der Waals surface area contributed by atoms with Crippen LogP contribution < -0.4 is 0 Å². The summed E-state index contributed by atoms with van der Waals surface area (Å²) in [5, 5.41) is 11.3. The number of nitrogens with zero attached hydrogens (tertiary/aromatic N) is 4. The topological polar surface area (TPSA) is 69.9 Å². The van der Waals surface area contributed by atoms with Gasteiger partial charge in [-0.2, -0.15) is 9.97 Å². The van der Waals surface area contributed by atoms with Crippen LogP contribution in [0, 0.1) is 0 Å². The van der Waals surface area contributed by atoms with Crippen LogP contribution in [0.5, 0.6) is 0 Å². The molecule has 0 saturated carbocycles. The molecule has 288 valence electrons. The Morgan fingerprint density at radius 3 is 1.63 bits per heavy atom. The molecule has 14 aromatic rings. The van der Waals surface area contributed by atoms with E-state index in [4.69, 9.17) is 23.8 Å². The first-order valence-corrected chi connectivity index (χ1v) is 21.5. The van der Waals surface area contributed by atoms with Gasteiger partial charge in [0, 0.05) is 69.2 Å². The highest BCUT2D eigenvalue weighted by atomic mass is 32.1. The highest BCUT2D eigenvalue weighted by Crippen LogP contribution is 2.43. The van der Waals surface area contributed by atoms with Crippen LogP contribution in [0.15, 0.2) is 191 Å². The molecule has 6 nitrogen and oxygen atoms in total. The van der Waals surface area contributed by atoms with Crippen LogP contribution in [0.4, 0.5) is 0 Å². The summed E-state index contributed by atoms with van der Waals surface area (Å²) in [7, 11) is 0. The van der Waals surface area contributed by atoms with E-state index in [0.717, 1.165) is 93.3 Å². The average Bonchev–Trinajstić information content (AvgIpc) is 4.08. The standard InChI is InChI=1S/C55H30N4O2S/c1-2-11-32-27-45-44(26-31(32)10-1)43-16-9-15-36(33-20-25-42-41-14-5-8-19-50(41)62-51(42)30-33)52(43)59(45)55-57-53(34-21-23-39-37-12-3-6-17-46(37)60-48(39)28-34)56-54(58-55)35-22-24-40-38-13-4-7-18-47(38)61-49(40)29-35/h1-30H. The van der Waals surface area contributed by atoms with Crippen LogP contribution in [0.25, 0.3) is 136 Å². The minimum Gasteiger partial charge on any atom is -0.456 e. The Bertz CT molecular complexity index is 4060. The van der Waals surface area contributed by atoms with Crippen molar-refractivity contribution in [2.75, 3.05) is 0 Å². The molecule has 0 atom stereocenters. The van der Waals surface area contributed by atoms with Crippen molar-refractivity contribution in [3.05, 3.63) is 182 Å². The van der Waals surface area contributed by atoms with Gasteiger partial charge >= 0.3 is 0 Å². The molecule has 0 fully saturated rings. The van der Waals surface area contributed by atoms with Crippen molar-refractivity contribution in [3.8, 4) is 39.9 Å². The van der Waals surface area contributed by atoms with E-state index in [9.17, 15) is 0 Å². The summed E-state index contributed by atoms with van der Waals surface area (Å²) in [5.74, 6) is 1.60. The van der Waals surface area contributed by atoms with Crippen molar-refractivity contribution >= 4 is 108 Å². The number of rotatable bonds is 4. The Balaban J connectivity index is 1.07. The molecule has 0 bridgehead atoms. The Morgan fingerprint density at radius 1 is 0.371 bits per heavy atom. The number of hydrogen-bond acceptors (Lipinski definition) is 6. The van der Waals surface area contributed by atoms with Crippen molar-refractivity contribution in [3.63, 3.8) is 0 Å². The highest BCUT2D eigenvalue weighted by Gasteiger charge is 2.23. The summed E-state index contributed by atoms with van der Waals surface area (Å²) in [6.07, 6.45) is 0. The first kappa shape index (κ1) is 33.7. The zero-order chi connectivity index (χ0) is 40.5. The maximum atomic E-state index is 6.39. The van der Waals surface area contributed by atoms with E-state index in [1.54, 1.807) is 0 Å². The first-order valence-electron chi connectivity index (χ1n) is 20.7. The summed E-state index contributed by atoms with van der Waals surface area (Å²) in [5.41, 5.74) is 9.16. The van der Waals surface area contributed by atoms with Gasteiger partial charge in [-0.15, -0.1) is 11.3 Å². The van der Waals surface area contributed by atoms with Crippen LogP contribution in [0.3, 0.4) is 0 Å². The minimum absolute atomic E-state index is 0.519. The normalized spacial score (nSPS) is 12.2. The van der Waals surface area contributed by atoms with Gasteiger partial charge in [-0.25, -0.2) is 4.98 Å². The van der Waals surface area contributed by atoms with Crippen LogP contribution >= 0.6 is 11.3 Å². The zero-order valence-corrected chi connectivity index (χ0v) is 33.7. The highest BCUT2D eigenvalue weighted by molar-refractivity contribution is 7.25. The molecule has 0 amide bonds. The van der Waals surface area contributed by atoms with Gasteiger partial charge in [0.2, 0.25) is 5.95 Å². The Labute approximate surface area is 356 Å². The van der Waals surface area contributed by atoms with Gasteiger partial charge in [-0.05, 0) is 77.0 Å². The molecule has 0 saturated heterocycles. The van der Waals surface area contributed by atoms with Crippen molar-refractivity contribution in [2.24, 2.45) is 0 Å². The van der Waals surface area contributed by atoms with Gasteiger partial charge in [0.05, 0.1) is 11.0 Å². The molecule has 0 N–H and O–H groups in total. The average molecular weight is 811 g/mol. The number of furan rings is 2. The molecule has 9 aromatic carbocycles. The predicted octanol–water partition coefficient (Wildman–Crippen LogP) is 15.3. The molecule has 14 rings (SSSR count). The summed E-state index contributed by atoms with van der Waals surface area (Å²) >= 11 is 1.83. The van der Waals surface area contributed by atoms with Gasteiger partial charge in [0.15, 0.2) is 11.6 Å². The second-order valence-corrected chi connectivity index (χ2v) is 17.0. The van der Waals surface area contributed by atoms with Crippen LogP contribution in [-0.2, 0) is 0 Å². The smallest absolute Gasteiger partial charge is 0.238 e. The molecule has 5 heterocycles. The van der Waals surface area contributed by atoms with E-state index in [1.165, 1.54) is 25.6 Å². The second-order valence-electron chi connectivity index (χ2n) is 16.0. The lowest BCUT2D eigenvalue weighted by molar-refractivity contribution is 0.668. The molecule has 5 aromatic heterocycles. The van der Waals surface area contributed by atoms with Crippen molar-refractivity contribution < 1.29 is 8.83 Å². The molecule has 0 aliphatic heterocycles. The van der Waals surface area contributed by atoms with E-state index in [0.29, 0.717) is 17.6 Å². The molecule has 62 heavy (non-hydrogen) atoms. The number of para-hydroxylation sites is 3. The molecule has 0 aliphatic carbocycles. The fraction of sp³-hybridized carbons (Fsp3) is 0. The number of thiophene rings is 1. The van der Waals surface area contributed by atoms with Gasteiger partial charge in [0.1, 0.15) is 22.3 Å². The van der Waals surface area contributed by atoms with Gasteiger partial charge < -0.3 is 8.83 Å². The van der Waals surface area contributed by atoms with Gasteiger partial charge in [-0.1, -0.05) is 121 Å². The quantitative estimate of drug-likeness (QED) is 0.177. The minimum atomic E-state index is 0.519. The maximum absolute atomic E-state index is 6.39. The molecule has 0 radical (unpaired) electrons. The SMILES string of the molecule is c1ccc2cc3c(cc2c1)c1cccc(-c2ccc4c(c2)sc2ccccc24)c1n3-c1nc(-c2ccc3c(c2)oc2ccccc23)nc(-c2ccc3c(c2)oc2ccccc23)n1. The molecule has 0 unspecified atom stereocenters. The third-order valence-electron chi connectivity index (χ3n) is 12.4. The lowest BCUT2D eigenvalue weighted by Gasteiger charge is -2.13. The zero-order valence-electron chi connectivity index (χ0n) is 32.8. The fourth-order valence-corrected chi connectivity index (χ4v) is 10.7.